The molecule has 0 spiro atoms. The molecule has 2 rings (SSSR count). The predicted molar refractivity (Wildman–Crippen MR) is 90.7 cm³/mol. The molecule has 0 aliphatic carbocycles. The molecule has 5 nitrogen and oxygen atoms in total. The highest BCUT2D eigenvalue weighted by atomic mass is 16.5. The lowest BCUT2D eigenvalue weighted by atomic mass is 10.0. The first-order chi connectivity index (χ1) is 11.1. The molecule has 0 saturated heterocycles. The van der Waals surface area contributed by atoms with Gasteiger partial charge in [-0.25, -0.2) is 5.43 Å². The summed E-state index contributed by atoms with van der Waals surface area (Å²) in [7, 11) is 0. The van der Waals surface area contributed by atoms with Crippen molar-refractivity contribution in [3.63, 3.8) is 0 Å². The molecule has 120 valence electrons. The number of nitrogens with one attached hydrogen (secondary N) is 1. The minimum Gasteiger partial charge on any atom is -0.483 e. The quantitative estimate of drug-likeness (QED) is 0.659. The van der Waals surface area contributed by atoms with E-state index in [1.54, 1.807) is 18.5 Å². The lowest BCUT2D eigenvalue weighted by Gasteiger charge is -2.12. The van der Waals surface area contributed by atoms with Crippen molar-refractivity contribution < 1.29 is 9.53 Å². The van der Waals surface area contributed by atoms with E-state index in [4.69, 9.17) is 4.74 Å². The van der Waals surface area contributed by atoms with E-state index in [0.717, 1.165) is 16.9 Å². The van der Waals surface area contributed by atoms with Crippen LogP contribution in [0.1, 0.15) is 36.5 Å². The molecule has 0 atom stereocenters. The van der Waals surface area contributed by atoms with Crippen LogP contribution in [0, 0.1) is 6.92 Å². The van der Waals surface area contributed by atoms with Crippen LogP contribution in [0.25, 0.3) is 0 Å². The van der Waals surface area contributed by atoms with Gasteiger partial charge < -0.3 is 4.74 Å². The molecule has 0 radical (unpaired) electrons. The van der Waals surface area contributed by atoms with Gasteiger partial charge >= 0.3 is 0 Å². The van der Waals surface area contributed by atoms with Gasteiger partial charge in [-0.15, -0.1) is 0 Å². The molecule has 2 aromatic rings. The Morgan fingerprint density at radius 2 is 2.22 bits per heavy atom. The van der Waals surface area contributed by atoms with E-state index in [2.05, 4.69) is 35.4 Å². The summed E-state index contributed by atoms with van der Waals surface area (Å²) < 4.78 is 5.59. The van der Waals surface area contributed by atoms with Gasteiger partial charge in [0.1, 0.15) is 5.75 Å². The molecule has 1 amide bonds. The molecule has 1 aromatic carbocycles. The van der Waals surface area contributed by atoms with E-state index in [9.17, 15) is 4.79 Å². The van der Waals surface area contributed by atoms with Crippen LogP contribution in [0.3, 0.4) is 0 Å². The number of rotatable bonds is 6. The van der Waals surface area contributed by atoms with Gasteiger partial charge in [-0.2, -0.15) is 5.10 Å². The van der Waals surface area contributed by atoms with Gasteiger partial charge in [0.25, 0.3) is 5.91 Å². The lowest BCUT2D eigenvalue weighted by Crippen LogP contribution is -2.24. The average Bonchev–Trinajstić information content (AvgIpc) is 2.55. The van der Waals surface area contributed by atoms with E-state index in [1.165, 1.54) is 11.8 Å². The topological polar surface area (TPSA) is 63.6 Å². The molecule has 0 aliphatic heterocycles. The van der Waals surface area contributed by atoms with E-state index in [-0.39, 0.29) is 12.5 Å². The van der Waals surface area contributed by atoms with E-state index in [0.29, 0.717) is 5.92 Å². The number of hydrazone groups is 1. The summed E-state index contributed by atoms with van der Waals surface area (Å²) in [6.07, 6.45) is 4.87. The third-order valence-corrected chi connectivity index (χ3v) is 3.32. The van der Waals surface area contributed by atoms with E-state index < -0.39 is 0 Å². The number of pyridine rings is 1. The highest BCUT2D eigenvalue weighted by Crippen LogP contribution is 2.24. The Hall–Kier alpha value is -2.69. The predicted octanol–water partition coefficient (Wildman–Crippen LogP) is 3.04. The molecule has 5 heteroatoms. The van der Waals surface area contributed by atoms with Gasteiger partial charge in [-0.05, 0) is 36.1 Å². The fraction of sp³-hybridized carbons (Fsp3) is 0.278. The Balaban J connectivity index is 1.87. The summed E-state index contributed by atoms with van der Waals surface area (Å²) in [6, 6.07) is 9.71. The minimum absolute atomic E-state index is 0.0766. The normalized spacial score (nSPS) is 11.0. The number of ether oxygens (including phenoxy) is 1. The molecule has 23 heavy (non-hydrogen) atoms. The maximum atomic E-state index is 11.8. The maximum Gasteiger partial charge on any atom is 0.277 e. The Labute approximate surface area is 136 Å². The average molecular weight is 311 g/mol. The Bertz CT molecular complexity index is 682. The van der Waals surface area contributed by atoms with Crippen LogP contribution < -0.4 is 10.2 Å². The summed E-state index contributed by atoms with van der Waals surface area (Å²) in [5.74, 6) is 0.831. The van der Waals surface area contributed by atoms with E-state index in [1.807, 2.05) is 25.1 Å². The van der Waals surface area contributed by atoms with Crippen molar-refractivity contribution in [3.05, 3.63) is 59.4 Å². The molecule has 0 saturated carbocycles. The summed E-state index contributed by atoms with van der Waals surface area (Å²) in [5, 5.41) is 3.88. The zero-order chi connectivity index (χ0) is 16.7. The molecule has 0 fully saturated rings. The van der Waals surface area contributed by atoms with Crippen LogP contribution in [-0.2, 0) is 4.79 Å². The van der Waals surface area contributed by atoms with Gasteiger partial charge in [0, 0.05) is 18.0 Å². The van der Waals surface area contributed by atoms with Crippen molar-refractivity contribution in [2.75, 3.05) is 6.61 Å². The van der Waals surface area contributed by atoms with Crippen molar-refractivity contribution >= 4 is 12.1 Å². The van der Waals surface area contributed by atoms with Crippen LogP contribution >= 0.6 is 0 Å². The Morgan fingerprint density at radius 3 is 2.91 bits per heavy atom. The summed E-state index contributed by atoms with van der Waals surface area (Å²) >= 11 is 0. The smallest absolute Gasteiger partial charge is 0.277 e. The Morgan fingerprint density at radius 1 is 1.39 bits per heavy atom. The highest BCUT2D eigenvalue weighted by molar-refractivity contribution is 5.82. The van der Waals surface area contributed by atoms with Gasteiger partial charge in [-0.3, -0.25) is 9.78 Å². The van der Waals surface area contributed by atoms with Gasteiger partial charge in [0.15, 0.2) is 6.61 Å². The highest BCUT2D eigenvalue weighted by Gasteiger charge is 2.07. The minimum atomic E-state index is -0.306. The van der Waals surface area contributed by atoms with Crippen LogP contribution in [0.15, 0.2) is 47.8 Å². The molecule has 0 unspecified atom stereocenters. The number of aromatic nitrogens is 1. The van der Waals surface area contributed by atoms with Crippen molar-refractivity contribution in [3.8, 4) is 5.75 Å². The SMILES string of the molecule is Cc1ccc(C(C)C)cc1OCC(=O)NN=Cc1cccnc1. The zero-order valence-electron chi connectivity index (χ0n) is 13.6. The number of amides is 1. The fourth-order valence-corrected chi connectivity index (χ4v) is 1.94. The zero-order valence-corrected chi connectivity index (χ0v) is 13.6. The third-order valence-electron chi connectivity index (χ3n) is 3.32. The van der Waals surface area contributed by atoms with Crippen LogP contribution in [0.5, 0.6) is 5.75 Å². The second-order valence-electron chi connectivity index (χ2n) is 5.55. The molecule has 1 aromatic heterocycles. The third kappa shape index (κ3) is 5.21. The van der Waals surface area contributed by atoms with Crippen LogP contribution in [-0.4, -0.2) is 23.7 Å². The van der Waals surface area contributed by atoms with Crippen molar-refractivity contribution in [1.82, 2.24) is 10.4 Å². The number of benzene rings is 1. The number of nitrogens with zero attached hydrogens (tertiary/aromatic N) is 2. The van der Waals surface area contributed by atoms with Crippen molar-refractivity contribution in [1.29, 1.82) is 0 Å². The Kier molecular flexibility index (Phi) is 5.86. The van der Waals surface area contributed by atoms with E-state index >= 15 is 0 Å². The molecule has 1 N–H and O–H groups in total. The van der Waals surface area contributed by atoms with Crippen LogP contribution in [0.2, 0.25) is 0 Å². The van der Waals surface area contributed by atoms with Gasteiger partial charge in [0.2, 0.25) is 0 Å². The first-order valence-corrected chi connectivity index (χ1v) is 7.51. The largest absolute Gasteiger partial charge is 0.483 e. The molecule has 0 bridgehead atoms. The van der Waals surface area contributed by atoms with Crippen molar-refractivity contribution in [2.45, 2.75) is 26.7 Å². The van der Waals surface area contributed by atoms with Gasteiger partial charge in [0.05, 0.1) is 6.21 Å². The number of aryl methyl sites for hydroxylation is 1. The number of carbonyl (C=O) groups is 1. The number of carbonyl (C=O) groups excluding carboxylic acids is 1. The first kappa shape index (κ1) is 16.7. The molecular formula is C18H21N3O2. The first-order valence-electron chi connectivity index (χ1n) is 7.51. The van der Waals surface area contributed by atoms with Crippen molar-refractivity contribution in [2.24, 2.45) is 5.10 Å². The summed E-state index contributed by atoms with van der Waals surface area (Å²) in [6.45, 7) is 6.12. The lowest BCUT2D eigenvalue weighted by molar-refractivity contribution is -0.123. The molecule has 0 aliphatic rings. The number of hydrogen-bond acceptors (Lipinski definition) is 4. The second kappa shape index (κ2) is 8.08. The fourth-order valence-electron chi connectivity index (χ4n) is 1.94. The number of hydrogen-bond donors (Lipinski definition) is 1. The summed E-state index contributed by atoms with van der Waals surface area (Å²) in [5.41, 5.74) is 5.43. The molecular weight excluding hydrogens is 290 g/mol. The molecule has 1 heterocycles. The second-order valence-corrected chi connectivity index (χ2v) is 5.55. The summed E-state index contributed by atoms with van der Waals surface area (Å²) in [4.78, 5) is 15.7. The monoisotopic (exact) mass is 311 g/mol. The maximum absolute atomic E-state index is 11.8. The standard InChI is InChI=1S/C18H21N3O2/c1-13(2)16-7-6-14(3)17(9-16)23-12-18(22)21-20-11-15-5-4-8-19-10-15/h4-11,13H,12H2,1-3H3,(H,21,22). The van der Waals surface area contributed by atoms with Gasteiger partial charge in [-0.1, -0.05) is 32.0 Å². The van der Waals surface area contributed by atoms with Crippen LogP contribution in [0.4, 0.5) is 0 Å².